The fraction of sp³-hybridized carbons (Fsp3) is 0.605. The molecule has 2 heterocycles. The summed E-state index contributed by atoms with van der Waals surface area (Å²) in [7, 11) is 0. The highest BCUT2D eigenvalue weighted by Gasteiger charge is 2.53. The Morgan fingerprint density at radius 1 is 0.698 bits per heavy atom. The number of Topliss-reactive ketones (excluding diaryl/α,β-unsaturated/α-hetero) is 1. The first kappa shape index (κ1) is 42.7. The van der Waals surface area contributed by atoms with Gasteiger partial charge in [-0.1, -0.05) is 85.8 Å². The van der Waals surface area contributed by atoms with Gasteiger partial charge in [-0.2, -0.15) is 8.78 Å². The smallest absolute Gasteiger partial charge is 0.408 e. The molecule has 0 unspecified atom stereocenters. The number of alkyl carbamates (subject to hydrolysis) is 2. The maximum atomic E-state index is 16.5. The quantitative estimate of drug-likeness (QED) is 0.154. The number of alkyl halides is 2. The van der Waals surface area contributed by atoms with Crippen LogP contribution in [0, 0.1) is 23.7 Å². The maximum absolute atomic E-state index is 16.5. The molecule has 15 heteroatoms. The summed E-state index contributed by atoms with van der Waals surface area (Å²) >= 11 is 0. The van der Waals surface area contributed by atoms with Crippen molar-refractivity contribution in [3.05, 3.63) is 60.2 Å². The lowest BCUT2D eigenvalue weighted by atomic mass is 9.81. The summed E-state index contributed by atoms with van der Waals surface area (Å²) in [4.78, 5) is 74.5. The molecule has 4 atom stereocenters. The fourth-order valence-corrected chi connectivity index (χ4v) is 6.21. The number of nitrogens with one attached hydrogen (secondary N) is 4. The molecule has 1 aliphatic rings. The van der Waals surface area contributed by atoms with Crippen LogP contribution in [0.5, 0.6) is 0 Å². The van der Waals surface area contributed by atoms with Gasteiger partial charge >= 0.3 is 18.1 Å². The Labute approximate surface area is 310 Å². The van der Waals surface area contributed by atoms with Crippen molar-refractivity contribution in [1.82, 2.24) is 31.2 Å². The Balaban J connectivity index is 1.77. The zero-order chi connectivity index (χ0) is 39.1. The molecular formula is C38H54F2N6O7. The summed E-state index contributed by atoms with van der Waals surface area (Å²) in [6.07, 6.45) is 5.31. The molecule has 4 N–H and O–H groups in total. The number of aromatic nitrogens is 2. The van der Waals surface area contributed by atoms with Crippen molar-refractivity contribution in [1.29, 1.82) is 0 Å². The first-order valence-electron chi connectivity index (χ1n) is 18.3. The number of hydrogen-bond acceptors (Lipinski definition) is 9. The largest absolute Gasteiger partial charge is 0.443 e. The van der Waals surface area contributed by atoms with Crippen LogP contribution in [-0.2, 0) is 37.1 Å². The number of hydrogen-bond donors (Lipinski definition) is 4. The molecule has 2 aromatic heterocycles. The van der Waals surface area contributed by atoms with Gasteiger partial charge in [0, 0.05) is 12.4 Å². The lowest BCUT2D eigenvalue weighted by Crippen LogP contribution is -2.63. The van der Waals surface area contributed by atoms with E-state index in [4.69, 9.17) is 9.47 Å². The van der Waals surface area contributed by atoms with Gasteiger partial charge in [-0.3, -0.25) is 24.4 Å². The van der Waals surface area contributed by atoms with Gasteiger partial charge in [0.15, 0.2) is 0 Å². The number of amides is 4. The predicted octanol–water partition coefficient (Wildman–Crippen LogP) is 5.48. The van der Waals surface area contributed by atoms with Gasteiger partial charge in [0.05, 0.1) is 17.4 Å². The molecule has 53 heavy (non-hydrogen) atoms. The third kappa shape index (κ3) is 13.3. The number of ether oxygens (including phenoxy) is 2. The minimum absolute atomic E-state index is 0.0356. The van der Waals surface area contributed by atoms with Gasteiger partial charge < -0.3 is 30.7 Å². The second-order valence-corrected chi connectivity index (χ2v) is 14.5. The number of nitrogens with zero attached hydrogens (tertiary/aromatic N) is 2. The highest BCUT2D eigenvalue weighted by Crippen LogP contribution is 2.32. The molecule has 4 amide bonds. The zero-order valence-corrected chi connectivity index (χ0v) is 31.4. The standard InChI is InChI=1S/C38H54F2N6O7/c1-23(2)30(44-36(50)52-21-27-16-10-12-18-41-27)34(48)43-29(20-26-14-8-7-9-15-26)33(47)38(39,40)32(25(5)6)46-35(49)31(24(3)4)45-37(51)53-22-28-17-11-13-19-42-28/h10-13,16-19,23-26,29-32H,7-9,14-15,20-22H2,1-6H3,(H,43,48)(H,44,50)(H,45,51)(H,46,49)/t29-,30-,31-,32-/m0/s1. The van der Waals surface area contributed by atoms with Crippen LogP contribution < -0.4 is 21.3 Å². The number of pyridine rings is 2. The molecule has 2 aromatic rings. The van der Waals surface area contributed by atoms with Crippen molar-refractivity contribution in [2.45, 2.75) is 123 Å². The molecule has 3 rings (SSSR count). The van der Waals surface area contributed by atoms with Gasteiger partial charge in [-0.05, 0) is 54.4 Å². The Hall–Kier alpha value is -4.69. The fourth-order valence-electron chi connectivity index (χ4n) is 6.21. The zero-order valence-electron chi connectivity index (χ0n) is 31.4. The molecule has 292 valence electrons. The molecule has 0 saturated heterocycles. The number of halogens is 2. The van der Waals surface area contributed by atoms with Gasteiger partial charge in [-0.15, -0.1) is 0 Å². The summed E-state index contributed by atoms with van der Waals surface area (Å²) in [5, 5.41) is 9.78. The van der Waals surface area contributed by atoms with Crippen LogP contribution in [0.4, 0.5) is 18.4 Å². The van der Waals surface area contributed by atoms with E-state index in [-0.39, 0.29) is 25.6 Å². The normalized spacial score (nSPS) is 15.9. The molecule has 1 fully saturated rings. The number of ketones is 1. The molecule has 1 saturated carbocycles. The summed E-state index contributed by atoms with van der Waals surface area (Å²) in [6.45, 7) is 9.12. The van der Waals surface area contributed by atoms with E-state index in [0.29, 0.717) is 24.2 Å². The molecular weight excluding hydrogens is 690 g/mol. The van der Waals surface area contributed by atoms with E-state index in [1.807, 2.05) is 0 Å². The van der Waals surface area contributed by atoms with Gasteiger partial charge in [0.2, 0.25) is 17.6 Å². The average Bonchev–Trinajstić information content (AvgIpc) is 3.13. The first-order chi connectivity index (χ1) is 25.1. The van der Waals surface area contributed by atoms with Crippen LogP contribution in [0.2, 0.25) is 0 Å². The van der Waals surface area contributed by atoms with Crippen molar-refractivity contribution < 1.29 is 42.2 Å². The third-order valence-corrected chi connectivity index (χ3v) is 9.21. The van der Waals surface area contributed by atoms with Crippen molar-refractivity contribution >= 4 is 29.8 Å². The molecule has 0 radical (unpaired) electrons. The van der Waals surface area contributed by atoms with Gasteiger partial charge in [0.25, 0.3) is 0 Å². The van der Waals surface area contributed by atoms with E-state index in [1.54, 1.807) is 64.1 Å². The molecule has 0 bridgehead atoms. The van der Waals surface area contributed by atoms with E-state index in [1.165, 1.54) is 26.2 Å². The number of carbonyl (C=O) groups excluding carboxylic acids is 5. The highest BCUT2D eigenvalue weighted by molar-refractivity contribution is 5.97. The summed E-state index contributed by atoms with van der Waals surface area (Å²) in [6, 6.07) is 4.07. The van der Waals surface area contributed by atoms with Gasteiger partial charge in [0.1, 0.15) is 31.3 Å². The Bertz CT molecular complexity index is 1490. The van der Waals surface area contributed by atoms with Crippen LogP contribution >= 0.6 is 0 Å². The van der Waals surface area contributed by atoms with Crippen LogP contribution in [-0.4, -0.2) is 69.8 Å². The molecule has 0 spiro atoms. The van der Waals surface area contributed by atoms with Crippen LogP contribution in [0.15, 0.2) is 48.8 Å². The van der Waals surface area contributed by atoms with Crippen LogP contribution in [0.1, 0.15) is 91.5 Å². The molecule has 0 aliphatic heterocycles. The second kappa shape index (κ2) is 20.5. The SMILES string of the molecule is CC(C)[C@H](NC(=O)OCc1ccccn1)C(=O)N[C@@H](CC1CCCCC1)C(=O)C(F)(F)[C@@H](NC(=O)[C@@H](NC(=O)OCc1ccccn1)C(C)C)C(C)C. The Morgan fingerprint density at radius 2 is 1.17 bits per heavy atom. The third-order valence-electron chi connectivity index (χ3n) is 9.21. The molecule has 13 nitrogen and oxygen atoms in total. The predicted molar refractivity (Wildman–Crippen MR) is 192 cm³/mol. The van der Waals surface area contributed by atoms with Crippen LogP contribution in [0.25, 0.3) is 0 Å². The second-order valence-electron chi connectivity index (χ2n) is 14.5. The van der Waals surface area contributed by atoms with E-state index < -0.39 is 77.6 Å². The monoisotopic (exact) mass is 744 g/mol. The van der Waals surface area contributed by atoms with E-state index >= 15 is 8.78 Å². The molecule has 0 aromatic carbocycles. The highest BCUT2D eigenvalue weighted by atomic mass is 19.3. The van der Waals surface area contributed by atoms with Crippen molar-refractivity contribution in [3.8, 4) is 0 Å². The number of rotatable bonds is 18. The van der Waals surface area contributed by atoms with Gasteiger partial charge in [-0.25, -0.2) is 9.59 Å². The lowest BCUT2D eigenvalue weighted by Gasteiger charge is -2.35. The van der Waals surface area contributed by atoms with Crippen molar-refractivity contribution in [2.24, 2.45) is 23.7 Å². The Kier molecular flexibility index (Phi) is 16.5. The minimum Gasteiger partial charge on any atom is -0.443 e. The summed E-state index contributed by atoms with van der Waals surface area (Å²) in [5.74, 6) is -9.51. The number of carbonyl (C=O) groups is 5. The Morgan fingerprint density at radius 3 is 1.58 bits per heavy atom. The minimum atomic E-state index is -4.14. The maximum Gasteiger partial charge on any atom is 0.408 e. The van der Waals surface area contributed by atoms with E-state index in [9.17, 15) is 24.0 Å². The lowest BCUT2D eigenvalue weighted by molar-refractivity contribution is -0.155. The summed E-state index contributed by atoms with van der Waals surface area (Å²) in [5.41, 5.74) is 0.952. The topological polar surface area (TPSA) is 178 Å². The van der Waals surface area contributed by atoms with Crippen LogP contribution in [0.3, 0.4) is 0 Å². The van der Waals surface area contributed by atoms with E-state index in [2.05, 4.69) is 31.2 Å². The first-order valence-corrected chi connectivity index (χ1v) is 18.3. The van der Waals surface area contributed by atoms with Crippen molar-refractivity contribution in [2.75, 3.05) is 0 Å². The summed E-state index contributed by atoms with van der Waals surface area (Å²) < 4.78 is 43.4. The molecule has 1 aliphatic carbocycles. The average molecular weight is 745 g/mol. The van der Waals surface area contributed by atoms with E-state index in [0.717, 1.165) is 19.3 Å². The van der Waals surface area contributed by atoms with Crippen molar-refractivity contribution in [3.63, 3.8) is 0 Å².